The fraction of sp³-hybridized carbons (Fsp3) is 0.500. The van der Waals surface area contributed by atoms with Crippen LogP contribution in [0.25, 0.3) is 0 Å². The number of nitrogens with two attached hydrogens (primary N) is 2. The van der Waals surface area contributed by atoms with Crippen LogP contribution in [-0.4, -0.2) is 11.5 Å². The van der Waals surface area contributed by atoms with Crippen molar-refractivity contribution in [3.05, 3.63) is 22.9 Å². The van der Waals surface area contributed by atoms with Gasteiger partial charge in [0.15, 0.2) is 17.3 Å². The van der Waals surface area contributed by atoms with Gasteiger partial charge in [0.05, 0.1) is 0 Å². The van der Waals surface area contributed by atoms with E-state index in [1.807, 2.05) is 0 Å². The van der Waals surface area contributed by atoms with E-state index >= 15 is 0 Å². The standard InChI is InChI=1S/C8H10F4N2/c1-3-4(9)5(10)6(13)8(12,14)7(3,2)11/h13-14H2,1-2H3. The first kappa shape index (κ1) is 11.0. The van der Waals surface area contributed by atoms with E-state index < -0.39 is 34.4 Å². The van der Waals surface area contributed by atoms with Crippen molar-refractivity contribution in [1.29, 1.82) is 0 Å². The lowest BCUT2D eigenvalue weighted by atomic mass is 9.82. The van der Waals surface area contributed by atoms with Crippen LogP contribution in [0.2, 0.25) is 0 Å². The SMILES string of the molecule is CC1=C(F)C(F)=C(N)C(N)(F)C1(C)F. The molecule has 0 amide bonds. The molecule has 0 heterocycles. The minimum Gasteiger partial charge on any atom is -0.396 e. The Hall–Kier alpha value is -1.04. The molecule has 2 unspecified atom stereocenters. The maximum absolute atomic E-state index is 13.6. The van der Waals surface area contributed by atoms with Gasteiger partial charge in [-0.2, -0.15) is 0 Å². The Morgan fingerprint density at radius 3 is 2.00 bits per heavy atom. The first-order chi connectivity index (χ1) is 6.14. The van der Waals surface area contributed by atoms with Crippen molar-refractivity contribution in [2.75, 3.05) is 0 Å². The van der Waals surface area contributed by atoms with Crippen LogP contribution in [0.1, 0.15) is 13.8 Å². The van der Waals surface area contributed by atoms with Crippen LogP contribution in [0.4, 0.5) is 17.6 Å². The second-order valence-corrected chi connectivity index (χ2v) is 3.38. The molecule has 1 aliphatic rings. The predicted molar refractivity (Wildman–Crippen MR) is 43.7 cm³/mol. The number of alkyl halides is 2. The van der Waals surface area contributed by atoms with E-state index in [0.29, 0.717) is 6.92 Å². The van der Waals surface area contributed by atoms with Gasteiger partial charge in [-0.25, -0.2) is 17.6 Å². The maximum Gasteiger partial charge on any atom is 0.239 e. The maximum atomic E-state index is 13.6. The summed E-state index contributed by atoms with van der Waals surface area (Å²) in [5, 5.41) is 0. The molecule has 6 heteroatoms. The van der Waals surface area contributed by atoms with Crippen molar-refractivity contribution in [3.63, 3.8) is 0 Å². The lowest BCUT2D eigenvalue weighted by Gasteiger charge is -2.37. The van der Waals surface area contributed by atoms with Crippen molar-refractivity contribution in [2.24, 2.45) is 11.5 Å². The van der Waals surface area contributed by atoms with Gasteiger partial charge >= 0.3 is 0 Å². The molecule has 0 radical (unpaired) electrons. The molecule has 0 fully saturated rings. The third-order valence-corrected chi connectivity index (χ3v) is 2.54. The van der Waals surface area contributed by atoms with Gasteiger partial charge in [0.25, 0.3) is 0 Å². The van der Waals surface area contributed by atoms with Gasteiger partial charge in [-0.1, -0.05) is 0 Å². The molecule has 0 aliphatic heterocycles. The number of halogens is 4. The third kappa shape index (κ3) is 1.06. The Balaban J connectivity index is 3.48. The molecule has 0 aromatic carbocycles. The van der Waals surface area contributed by atoms with Crippen LogP contribution in [0.15, 0.2) is 22.9 Å². The number of hydrogen-bond acceptors (Lipinski definition) is 2. The normalized spacial score (nSPS) is 39.4. The minimum atomic E-state index is -3.23. The topological polar surface area (TPSA) is 52.0 Å². The van der Waals surface area contributed by atoms with Gasteiger partial charge in [-0.3, -0.25) is 5.73 Å². The highest BCUT2D eigenvalue weighted by Crippen LogP contribution is 2.45. The van der Waals surface area contributed by atoms with E-state index in [1.54, 1.807) is 0 Å². The zero-order valence-corrected chi connectivity index (χ0v) is 7.67. The van der Waals surface area contributed by atoms with Crippen molar-refractivity contribution in [1.82, 2.24) is 0 Å². The van der Waals surface area contributed by atoms with Gasteiger partial charge in [0.1, 0.15) is 5.70 Å². The van der Waals surface area contributed by atoms with Gasteiger partial charge in [-0.05, 0) is 13.8 Å². The lowest BCUT2D eigenvalue weighted by molar-refractivity contribution is 0.0228. The highest BCUT2D eigenvalue weighted by molar-refractivity contribution is 5.44. The summed E-state index contributed by atoms with van der Waals surface area (Å²) in [6.07, 6.45) is 0. The van der Waals surface area contributed by atoms with E-state index in [2.05, 4.69) is 0 Å². The van der Waals surface area contributed by atoms with Gasteiger partial charge in [0, 0.05) is 5.57 Å². The van der Waals surface area contributed by atoms with Crippen LogP contribution in [0, 0.1) is 0 Å². The Morgan fingerprint density at radius 1 is 1.14 bits per heavy atom. The van der Waals surface area contributed by atoms with Gasteiger partial charge in [-0.15, -0.1) is 0 Å². The molecule has 0 aromatic heterocycles. The summed E-state index contributed by atoms with van der Waals surface area (Å²) in [6, 6.07) is 0. The molecule has 14 heavy (non-hydrogen) atoms. The zero-order valence-electron chi connectivity index (χ0n) is 7.67. The zero-order chi connectivity index (χ0) is 11.3. The average Bonchev–Trinajstić information content (AvgIpc) is 2.10. The molecule has 2 nitrogen and oxygen atoms in total. The Morgan fingerprint density at radius 2 is 1.57 bits per heavy atom. The monoisotopic (exact) mass is 210 g/mol. The van der Waals surface area contributed by atoms with Crippen LogP contribution < -0.4 is 11.5 Å². The van der Waals surface area contributed by atoms with Crippen LogP contribution >= 0.6 is 0 Å². The molecule has 80 valence electrons. The summed E-state index contributed by atoms with van der Waals surface area (Å²) in [5.74, 6) is -6.36. The first-order valence-corrected chi connectivity index (χ1v) is 3.83. The molecule has 0 aromatic rings. The molecule has 0 saturated heterocycles. The summed E-state index contributed by atoms with van der Waals surface area (Å²) in [4.78, 5) is 0. The fourth-order valence-corrected chi connectivity index (χ4v) is 1.17. The molecule has 1 aliphatic carbocycles. The van der Waals surface area contributed by atoms with Crippen LogP contribution in [0.5, 0.6) is 0 Å². The summed E-state index contributed by atoms with van der Waals surface area (Å²) >= 11 is 0. The lowest BCUT2D eigenvalue weighted by Crippen LogP contribution is -2.59. The van der Waals surface area contributed by atoms with Crippen LogP contribution in [-0.2, 0) is 0 Å². The number of rotatable bonds is 0. The molecule has 0 saturated carbocycles. The average molecular weight is 210 g/mol. The third-order valence-electron chi connectivity index (χ3n) is 2.54. The minimum absolute atomic E-state index is 0.710. The Labute approximate surface area is 78.3 Å². The van der Waals surface area contributed by atoms with Gasteiger partial charge in [0.2, 0.25) is 5.79 Å². The van der Waals surface area contributed by atoms with E-state index in [0.717, 1.165) is 6.92 Å². The largest absolute Gasteiger partial charge is 0.396 e. The first-order valence-electron chi connectivity index (χ1n) is 3.83. The summed E-state index contributed by atoms with van der Waals surface area (Å²) in [5.41, 5.74) is 4.90. The van der Waals surface area contributed by atoms with Crippen LogP contribution in [0.3, 0.4) is 0 Å². The smallest absolute Gasteiger partial charge is 0.239 e. The molecule has 0 bridgehead atoms. The summed E-state index contributed by atoms with van der Waals surface area (Å²) < 4.78 is 53.0. The molecule has 4 N–H and O–H groups in total. The van der Waals surface area contributed by atoms with E-state index in [1.165, 1.54) is 0 Å². The van der Waals surface area contributed by atoms with Gasteiger partial charge < -0.3 is 5.73 Å². The quantitative estimate of drug-likeness (QED) is 0.472. The number of allylic oxidation sites excluding steroid dienone is 2. The predicted octanol–water partition coefficient (Wildman–Crippen LogP) is 1.74. The van der Waals surface area contributed by atoms with E-state index in [9.17, 15) is 17.6 Å². The van der Waals surface area contributed by atoms with Crippen molar-refractivity contribution >= 4 is 0 Å². The molecule has 0 spiro atoms. The Bertz CT molecular complexity index is 307. The van der Waals surface area contributed by atoms with E-state index in [-0.39, 0.29) is 0 Å². The van der Waals surface area contributed by atoms with Crippen molar-refractivity contribution in [2.45, 2.75) is 25.3 Å². The second-order valence-electron chi connectivity index (χ2n) is 3.38. The molecule has 1 rings (SSSR count). The molecule has 2 atom stereocenters. The number of hydrogen-bond donors (Lipinski definition) is 2. The second kappa shape index (κ2) is 2.73. The summed E-state index contributed by atoms with van der Waals surface area (Å²) in [7, 11) is 0. The van der Waals surface area contributed by atoms with Crippen molar-refractivity contribution in [3.8, 4) is 0 Å². The highest BCUT2D eigenvalue weighted by atomic mass is 19.2. The van der Waals surface area contributed by atoms with E-state index in [4.69, 9.17) is 11.5 Å². The fourth-order valence-electron chi connectivity index (χ4n) is 1.17. The molecular weight excluding hydrogens is 200 g/mol. The molecular formula is C8H10F4N2. The highest BCUT2D eigenvalue weighted by Gasteiger charge is 2.56. The van der Waals surface area contributed by atoms with Crippen molar-refractivity contribution < 1.29 is 17.6 Å². The Kier molecular flexibility index (Phi) is 2.15. The summed E-state index contributed by atoms with van der Waals surface area (Å²) in [6.45, 7) is 1.63.